The molecule has 1 aromatic heterocycles. The number of thiazole rings is 1. The zero-order chi connectivity index (χ0) is 23.0. The molecule has 7 nitrogen and oxygen atoms in total. The van der Waals surface area contributed by atoms with Crippen molar-refractivity contribution in [1.29, 1.82) is 0 Å². The van der Waals surface area contributed by atoms with Gasteiger partial charge >= 0.3 is 0 Å². The molecule has 0 aliphatic carbocycles. The van der Waals surface area contributed by atoms with E-state index in [0.717, 1.165) is 16.0 Å². The van der Waals surface area contributed by atoms with Crippen LogP contribution < -0.4 is 5.14 Å². The minimum Gasteiger partial charge on any atom is -0.372 e. The van der Waals surface area contributed by atoms with E-state index in [1.165, 1.54) is 23.5 Å². The van der Waals surface area contributed by atoms with Crippen molar-refractivity contribution in [3.05, 3.63) is 58.6 Å². The van der Waals surface area contributed by atoms with Crippen molar-refractivity contribution in [2.75, 3.05) is 13.1 Å². The van der Waals surface area contributed by atoms with Gasteiger partial charge in [0.2, 0.25) is 10.0 Å². The Kier molecular flexibility index (Phi) is 6.37. The smallest absolute Gasteiger partial charge is 0.283 e. The number of carbonyl (C=O) groups excluding carboxylic acids is 1. The van der Waals surface area contributed by atoms with E-state index >= 15 is 0 Å². The van der Waals surface area contributed by atoms with E-state index in [2.05, 4.69) is 4.98 Å². The number of halogens is 1. The van der Waals surface area contributed by atoms with E-state index in [0.29, 0.717) is 28.8 Å². The van der Waals surface area contributed by atoms with Crippen molar-refractivity contribution >= 4 is 38.9 Å². The van der Waals surface area contributed by atoms with Gasteiger partial charge in [-0.3, -0.25) is 4.79 Å². The summed E-state index contributed by atoms with van der Waals surface area (Å²) in [4.78, 5) is 20.5. The number of nitrogens with two attached hydrogens (primary N) is 1. The van der Waals surface area contributed by atoms with Crippen molar-refractivity contribution in [3.8, 4) is 21.7 Å². The van der Waals surface area contributed by atoms with Gasteiger partial charge in [-0.2, -0.15) is 0 Å². The minimum atomic E-state index is -3.80. The highest BCUT2D eigenvalue weighted by molar-refractivity contribution is 7.89. The summed E-state index contributed by atoms with van der Waals surface area (Å²) >= 11 is 7.31. The van der Waals surface area contributed by atoms with Crippen molar-refractivity contribution in [2.24, 2.45) is 5.14 Å². The van der Waals surface area contributed by atoms with Crippen LogP contribution in [0.3, 0.4) is 0 Å². The van der Waals surface area contributed by atoms with Crippen LogP contribution >= 0.6 is 22.9 Å². The third-order valence-electron chi connectivity index (χ3n) is 5.08. The molecular formula is C22H22ClN3O4S2. The lowest BCUT2D eigenvalue weighted by atomic mass is 10.1. The van der Waals surface area contributed by atoms with Gasteiger partial charge in [-0.15, -0.1) is 11.3 Å². The maximum absolute atomic E-state index is 13.3. The summed E-state index contributed by atoms with van der Waals surface area (Å²) in [5.74, 6) is -0.153. The molecule has 3 aromatic rings. The van der Waals surface area contributed by atoms with Crippen molar-refractivity contribution in [2.45, 2.75) is 31.0 Å². The van der Waals surface area contributed by atoms with Crippen LogP contribution in [0.4, 0.5) is 0 Å². The summed E-state index contributed by atoms with van der Waals surface area (Å²) in [6, 6.07) is 13.4. The number of hydrogen-bond donors (Lipinski definition) is 1. The summed E-state index contributed by atoms with van der Waals surface area (Å²) in [6.07, 6.45) is -0.104. The molecule has 4 rings (SSSR count). The average molecular weight is 492 g/mol. The number of morpholine rings is 1. The number of rotatable bonds is 4. The molecule has 1 fully saturated rings. The molecule has 2 heterocycles. The summed E-state index contributed by atoms with van der Waals surface area (Å²) in [5, 5.41) is 6.17. The molecule has 1 aliphatic rings. The molecule has 168 valence electrons. The van der Waals surface area contributed by atoms with Crippen LogP contribution in [0, 0.1) is 0 Å². The van der Waals surface area contributed by atoms with Crippen molar-refractivity contribution in [3.63, 3.8) is 0 Å². The van der Waals surface area contributed by atoms with Crippen LogP contribution in [0.2, 0.25) is 5.02 Å². The topological polar surface area (TPSA) is 103 Å². The largest absolute Gasteiger partial charge is 0.372 e. The second-order valence-electron chi connectivity index (χ2n) is 7.74. The number of nitrogens with zero attached hydrogens (tertiary/aromatic N) is 2. The number of ether oxygens (including phenoxy) is 1. The van der Waals surface area contributed by atoms with Gasteiger partial charge in [-0.25, -0.2) is 18.5 Å². The first kappa shape index (κ1) is 22.9. The Balaban J connectivity index is 1.77. The van der Waals surface area contributed by atoms with E-state index in [-0.39, 0.29) is 23.0 Å². The fourth-order valence-corrected chi connectivity index (χ4v) is 5.39. The van der Waals surface area contributed by atoms with E-state index < -0.39 is 10.0 Å². The second-order valence-corrected chi connectivity index (χ2v) is 10.7. The standard InChI is InChI=1S/C22H22ClN3O4S2/c1-13-11-26(12-14(2)30-13)22(27)21-25-19(15-3-7-17(23)8-4-15)20(31-21)16-5-9-18(10-6-16)32(24,28)29/h3-10,13-14H,11-12H2,1-2H3,(H2,24,28,29). The Bertz CT molecular complexity index is 1230. The van der Waals surface area contributed by atoms with Gasteiger partial charge < -0.3 is 9.64 Å². The molecule has 0 bridgehead atoms. The first-order valence-corrected chi connectivity index (χ1v) is 12.7. The molecule has 0 saturated carbocycles. The summed E-state index contributed by atoms with van der Waals surface area (Å²) < 4.78 is 29.0. The Morgan fingerprint density at radius 1 is 1.06 bits per heavy atom. The van der Waals surface area contributed by atoms with Gasteiger partial charge in [-0.05, 0) is 43.7 Å². The predicted molar refractivity (Wildman–Crippen MR) is 125 cm³/mol. The zero-order valence-electron chi connectivity index (χ0n) is 17.5. The Morgan fingerprint density at radius 3 is 2.19 bits per heavy atom. The van der Waals surface area contributed by atoms with Gasteiger partial charge in [-0.1, -0.05) is 35.9 Å². The molecule has 0 spiro atoms. The number of hydrogen-bond acceptors (Lipinski definition) is 6. The summed E-state index contributed by atoms with van der Waals surface area (Å²) in [5.41, 5.74) is 2.18. The maximum atomic E-state index is 13.3. The molecule has 2 aromatic carbocycles. The molecule has 2 atom stereocenters. The molecule has 10 heteroatoms. The highest BCUT2D eigenvalue weighted by atomic mass is 35.5. The van der Waals surface area contributed by atoms with Gasteiger partial charge in [0.05, 0.1) is 27.7 Å². The highest BCUT2D eigenvalue weighted by Gasteiger charge is 2.29. The first-order chi connectivity index (χ1) is 15.1. The lowest BCUT2D eigenvalue weighted by molar-refractivity contribution is -0.0586. The number of benzene rings is 2. The molecule has 1 aliphatic heterocycles. The lowest BCUT2D eigenvalue weighted by Gasteiger charge is -2.34. The number of aromatic nitrogens is 1. The van der Waals surface area contributed by atoms with Crippen LogP contribution in [0.25, 0.3) is 21.7 Å². The van der Waals surface area contributed by atoms with Crippen LogP contribution in [-0.4, -0.2) is 49.5 Å². The fourth-order valence-electron chi connectivity index (χ4n) is 3.69. The Hall–Kier alpha value is -2.30. The number of sulfonamides is 1. The second kappa shape index (κ2) is 8.92. The van der Waals surface area contributed by atoms with Crippen molar-refractivity contribution < 1.29 is 17.9 Å². The number of amides is 1. The van der Waals surface area contributed by atoms with Crippen molar-refractivity contribution in [1.82, 2.24) is 9.88 Å². The van der Waals surface area contributed by atoms with Gasteiger partial charge in [0.25, 0.3) is 5.91 Å². The quantitative estimate of drug-likeness (QED) is 0.593. The van der Waals surface area contributed by atoms with Gasteiger partial charge in [0.15, 0.2) is 5.01 Å². The summed E-state index contributed by atoms with van der Waals surface area (Å²) in [6.45, 7) is 4.87. The molecule has 2 unspecified atom stereocenters. The third kappa shape index (κ3) is 4.87. The molecular weight excluding hydrogens is 470 g/mol. The molecule has 2 N–H and O–H groups in total. The van der Waals surface area contributed by atoms with E-state index in [1.54, 1.807) is 29.2 Å². The molecule has 32 heavy (non-hydrogen) atoms. The summed E-state index contributed by atoms with van der Waals surface area (Å²) in [7, 11) is -3.80. The SMILES string of the molecule is CC1CN(C(=O)c2nc(-c3ccc(Cl)cc3)c(-c3ccc(S(N)(=O)=O)cc3)s2)CC(C)O1. The molecule has 1 saturated heterocycles. The lowest BCUT2D eigenvalue weighted by Crippen LogP contribution is -2.48. The van der Waals surface area contributed by atoms with Gasteiger partial charge in [0.1, 0.15) is 0 Å². The van der Waals surface area contributed by atoms with Gasteiger partial charge in [0, 0.05) is 23.7 Å². The average Bonchev–Trinajstić information content (AvgIpc) is 3.18. The normalized spacial score (nSPS) is 19.2. The van der Waals surface area contributed by atoms with E-state index in [9.17, 15) is 13.2 Å². The van der Waals surface area contributed by atoms with Crippen LogP contribution in [0.15, 0.2) is 53.4 Å². The minimum absolute atomic E-state index is 0.0198. The monoisotopic (exact) mass is 491 g/mol. The van der Waals surface area contributed by atoms with Crippen LogP contribution in [0.1, 0.15) is 23.6 Å². The Labute approximate surface area is 195 Å². The third-order valence-corrected chi connectivity index (χ3v) is 7.35. The molecule has 0 radical (unpaired) electrons. The number of primary sulfonamides is 1. The Morgan fingerprint density at radius 2 is 1.62 bits per heavy atom. The fraction of sp³-hybridized carbons (Fsp3) is 0.273. The molecule has 1 amide bonds. The van der Waals surface area contributed by atoms with Crippen LogP contribution in [-0.2, 0) is 14.8 Å². The van der Waals surface area contributed by atoms with E-state index in [4.69, 9.17) is 21.5 Å². The number of carbonyl (C=O) groups is 1. The maximum Gasteiger partial charge on any atom is 0.283 e. The first-order valence-electron chi connectivity index (χ1n) is 9.96. The van der Waals surface area contributed by atoms with Crippen LogP contribution in [0.5, 0.6) is 0 Å². The predicted octanol–water partition coefficient (Wildman–Crippen LogP) is 4.03. The van der Waals surface area contributed by atoms with E-state index in [1.807, 2.05) is 26.0 Å². The zero-order valence-corrected chi connectivity index (χ0v) is 19.9. The highest BCUT2D eigenvalue weighted by Crippen LogP contribution is 2.38.